The summed E-state index contributed by atoms with van der Waals surface area (Å²) in [5.41, 5.74) is -5.22. The molecule has 132 valence electrons. The fraction of sp³-hybridized carbons (Fsp3) is 0.909. The molecule has 0 saturated carbocycles. The SMILES string of the molecule is CCNC(=NC)NCC1CCN(S(=O)(=O)C(F)(F)F)CC1.I. The highest BCUT2D eigenvalue weighted by molar-refractivity contribution is 14.0. The zero-order valence-corrected chi connectivity index (χ0v) is 15.6. The molecule has 0 spiro atoms. The summed E-state index contributed by atoms with van der Waals surface area (Å²) in [4.78, 5) is 3.99. The van der Waals surface area contributed by atoms with Crippen molar-refractivity contribution in [3.05, 3.63) is 0 Å². The third kappa shape index (κ3) is 5.72. The number of aliphatic imine (C=N–C) groups is 1. The number of hydrogen-bond acceptors (Lipinski definition) is 3. The number of guanidine groups is 1. The van der Waals surface area contributed by atoms with Crippen LogP contribution in [0.15, 0.2) is 4.99 Å². The first kappa shape index (κ1) is 21.7. The van der Waals surface area contributed by atoms with Gasteiger partial charge in [-0.15, -0.1) is 24.0 Å². The van der Waals surface area contributed by atoms with Crippen LogP contribution < -0.4 is 10.6 Å². The third-order valence-corrected chi connectivity index (χ3v) is 4.96. The second-order valence-corrected chi connectivity index (χ2v) is 6.71. The van der Waals surface area contributed by atoms with Crippen LogP contribution >= 0.6 is 24.0 Å². The van der Waals surface area contributed by atoms with Gasteiger partial charge in [-0.05, 0) is 25.7 Å². The number of rotatable bonds is 4. The predicted molar refractivity (Wildman–Crippen MR) is 89.7 cm³/mol. The molecule has 0 unspecified atom stereocenters. The smallest absolute Gasteiger partial charge is 0.357 e. The van der Waals surface area contributed by atoms with Crippen molar-refractivity contribution in [2.45, 2.75) is 25.3 Å². The van der Waals surface area contributed by atoms with Gasteiger partial charge in [0.1, 0.15) is 0 Å². The monoisotopic (exact) mass is 458 g/mol. The normalized spacial score (nSPS) is 18.7. The van der Waals surface area contributed by atoms with E-state index in [1.54, 1.807) is 7.05 Å². The molecular formula is C11H22F3IN4O2S. The molecule has 6 nitrogen and oxygen atoms in total. The molecule has 0 amide bonds. The molecule has 0 atom stereocenters. The van der Waals surface area contributed by atoms with Crippen molar-refractivity contribution in [1.29, 1.82) is 0 Å². The Morgan fingerprint density at radius 1 is 1.27 bits per heavy atom. The number of nitrogens with zero attached hydrogens (tertiary/aromatic N) is 2. The molecule has 0 aromatic carbocycles. The van der Waals surface area contributed by atoms with Gasteiger partial charge < -0.3 is 10.6 Å². The molecule has 2 N–H and O–H groups in total. The number of nitrogens with one attached hydrogen (secondary N) is 2. The first-order valence-electron chi connectivity index (χ1n) is 6.73. The summed E-state index contributed by atoms with van der Waals surface area (Å²) < 4.78 is 60.4. The second kappa shape index (κ2) is 9.11. The minimum atomic E-state index is -5.22. The molecule has 1 rings (SSSR count). The molecule has 0 aromatic heterocycles. The highest BCUT2D eigenvalue weighted by atomic mass is 127. The van der Waals surface area contributed by atoms with E-state index in [4.69, 9.17) is 0 Å². The van der Waals surface area contributed by atoms with Crippen molar-refractivity contribution in [2.75, 3.05) is 33.2 Å². The lowest BCUT2D eigenvalue weighted by atomic mass is 9.98. The zero-order valence-electron chi connectivity index (χ0n) is 12.5. The summed E-state index contributed by atoms with van der Waals surface area (Å²) in [5, 5.41) is 6.08. The minimum absolute atomic E-state index is 0. The summed E-state index contributed by atoms with van der Waals surface area (Å²) >= 11 is 0. The van der Waals surface area contributed by atoms with Crippen LogP contribution in [0.25, 0.3) is 0 Å². The molecular weight excluding hydrogens is 436 g/mol. The van der Waals surface area contributed by atoms with Gasteiger partial charge in [0.05, 0.1) is 0 Å². The maximum atomic E-state index is 12.4. The summed E-state index contributed by atoms with van der Waals surface area (Å²) in [5.74, 6) is 0.753. The molecule has 11 heteroatoms. The number of hydrogen-bond donors (Lipinski definition) is 2. The van der Waals surface area contributed by atoms with Crippen LogP contribution in [0.4, 0.5) is 13.2 Å². The van der Waals surface area contributed by atoms with E-state index in [-0.39, 0.29) is 43.0 Å². The summed E-state index contributed by atoms with van der Waals surface area (Å²) in [6.07, 6.45) is 0.789. The summed E-state index contributed by atoms with van der Waals surface area (Å²) in [7, 11) is -3.56. The number of alkyl halides is 3. The van der Waals surface area contributed by atoms with Crippen molar-refractivity contribution < 1.29 is 21.6 Å². The Morgan fingerprint density at radius 2 is 1.82 bits per heavy atom. The van der Waals surface area contributed by atoms with E-state index in [2.05, 4.69) is 15.6 Å². The van der Waals surface area contributed by atoms with Crippen LogP contribution in [-0.4, -0.2) is 57.4 Å². The molecule has 1 aliphatic rings. The van der Waals surface area contributed by atoms with E-state index >= 15 is 0 Å². The van der Waals surface area contributed by atoms with Crippen molar-refractivity contribution >= 4 is 40.0 Å². The average Bonchev–Trinajstić information content (AvgIpc) is 2.42. The lowest BCUT2D eigenvalue weighted by molar-refractivity contribution is -0.0496. The molecule has 0 aliphatic carbocycles. The van der Waals surface area contributed by atoms with Gasteiger partial charge >= 0.3 is 15.5 Å². The van der Waals surface area contributed by atoms with Gasteiger partial charge in [-0.3, -0.25) is 4.99 Å². The van der Waals surface area contributed by atoms with Crippen molar-refractivity contribution in [2.24, 2.45) is 10.9 Å². The van der Waals surface area contributed by atoms with Gasteiger partial charge in [0.2, 0.25) is 0 Å². The van der Waals surface area contributed by atoms with Crippen LogP contribution in [0.1, 0.15) is 19.8 Å². The predicted octanol–water partition coefficient (Wildman–Crippen LogP) is 1.35. The quantitative estimate of drug-likeness (QED) is 0.379. The fourth-order valence-corrected chi connectivity index (χ4v) is 3.11. The Kier molecular flexibility index (Phi) is 8.98. The molecule has 1 saturated heterocycles. The molecule has 1 aliphatic heterocycles. The van der Waals surface area contributed by atoms with Crippen LogP contribution in [-0.2, 0) is 10.0 Å². The number of sulfonamides is 1. The van der Waals surface area contributed by atoms with Gasteiger partial charge in [-0.1, -0.05) is 0 Å². The van der Waals surface area contributed by atoms with Gasteiger partial charge in [0, 0.05) is 33.2 Å². The first-order valence-corrected chi connectivity index (χ1v) is 8.17. The lowest BCUT2D eigenvalue weighted by Gasteiger charge is -2.31. The molecule has 0 radical (unpaired) electrons. The third-order valence-electron chi connectivity index (χ3n) is 3.33. The topological polar surface area (TPSA) is 73.8 Å². The van der Waals surface area contributed by atoms with E-state index < -0.39 is 15.5 Å². The molecule has 22 heavy (non-hydrogen) atoms. The Labute approximate surface area is 146 Å². The van der Waals surface area contributed by atoms with Gasteiger partial charge in [-0.25, -0.2) is 8.42 Å². The Balaban J connectivity index is 0.00000441. The van der Waals surface area contributed by atoms with Crippen LogP contribution in [0.3, 0.4) is 0 Å². The Morgan fingerprint density at radius 3 is 2.23 bits per heavy atom. The van der Waals surface area contributed by atoms with Gasteiger partial charge in [-0.2, -0.15) is 17.5 Å². The first-order chi connectivity index (χ1) is 9.72. The molecule has 1 heterocycles. The van der Waals surface area contributed by atoms with Gasteiger partial charge in [0.15, 0.2) is 5.96 Å². The van der Waals surface area contributed by atoms with E-state index in [1.807, 2.05) is 6.92 Å². The Hall–Kier alpha value is -0.300. The summed E-state index contributed by atoms with van der Waals surface area (Å²) in [6.45, 7) is 2.98. The maximum Gasteiger partial charge on any atom is 0.511 e. The highest BCUT2D eigenvalue weighted by Gasteiger charge is 2.50. The number of halogens is 4. The van der Waals surface area contributed by atoms with E-state index in [0.29, 0.717) is 36.2 Å². The standard InChI is InChI=1S/C11H21F3N4O2S.HI/c1-3-16-10(15-2)17-8-9-4-6-18(7-5-9)21(19,20)11(12,13)14;/h9H,3-8H2,1-2H3,(H2,15,16,17);1H. The van der Waals surface area contributed by atoms with Gasteiger partial charge in [0.25, 0.3) is 0 Å². The Bertz CT molecular complexity index is 462. The van der Waals surface area contributed by atoms with Crippen molar-refractivity contribution in [3.8, 4) is 0 Å². The molecule has 0 aromatic rings. The van der Waals surface area contributed by atoms with Crippen molar-refractivity contribution in [3.63, 3.8) is 0 Å². The fourth-order valence-electron chi connectivity index (χ4n) is 2.13. The van der Waals surface area contributed by atoms with E-state index in [1.165, 1.54) is 0 Å². The number of piperidine rings is 1. The maximum absolute atomic E-state index is 12.4. The molecule has 1 fully saturated rings. The van der Waals surface area contributed by atoms with Crippen LogP contribution in [0, 0.1) is 5.92 Å². The van der Waals surface area contributed by atoms with Crippen LogP contribution in [0.5, 0.6) is 0 Å². The lowest BCUT2D eigenvalue weighted by Crippen LogP contribution is -2.47. The zero-order chi connectivity index (χ0) is 16.1. The van der Waals surface area contributed by atoms with Crippen LogP contribution in [0.2, 0.25) is 0 Å². The van der Waals surface area contributed by atoms with E-state index in [0.717, 1.165) is 0 Å². The highest BCUT2D eigenvalue weighted by Crippen LogP contribution is 2.30. The largest absolute Gasteiger partial charge is 0.511 e. The van der Waals surface area contributed by atoms with Crippen molar-refractivity contribution in [1.82, 2.24) is 14.9 Å². The van der Waals surface area contributed by atoms with E-state index in [9.17, 15) is 21.6 Å². The summed E-state index contributed by atoms with van der Waals surface area (Å²) in [6, 6.07) is 0. The molecule has 0 bridgehead atoms. The average molecular weight is 458 g/mol. The second-order valence-electron chi connectivity index (χ2n) is 4.78. The minimum Gasteiger partial charge on any atom is -0.357 e.